The maximum absolute atomic E-state index is 12.3. The highest BCUT2D eigenvalue weighted by atomic mass is 16.5. The van der Waals surface area contributed by atoms with Gasteiger partial charge in [-0.25, -0.2) is 4.79 Å². The number of allylic oxidation sites excluding steroid dienone is 1. The number of hydrogen-bond donors (Lipinski definition) is 3. The largest absolute Gasteiger partial charge is 0.481 e. The average molecular weight is 395 g/mol. The van der Waals surface area contributed by atoms with Gasteiger partial charge in [-0.15, -0.1) is 0 Å². The number of carbonyl (C=O) groups is 2. The van der Waals surface area contributed by atoms with Crippen molar-refractivity contribution in [1.29, 1.82) is 0 Å². The highest BCUT2D eigenvalue weighted by molar-refractivity contribution is 5.89. The number of hydrogen-bond acceptors (Lipinski definition) is 4. The van der Waals surface area contributed by atoms with E-state index in [1.807, 2.05) is 54.6 Å². The Kier molecular flexibility index (Phi) is 5.86. The van der Waals surface area contributed by atoms with Crippen LogP contribution < -0.4 is 5.73 Å². The molecule has 2 aromatic carbocycles. The molecule has 1 aliphatic rings. The van der Waals surface area contributed by atoms with E-state index in [0.29, 0.717) is 12.1 Å². The molecule has 0 heterocycles. The fraction of sp³-hybridized carbons (Fsp3) is 0.304. The van der Waals surface area contributed by atoms with Crippen LogP contribution in [-0.2, 0) is 27.5 Å². The fourth-order valence-electron chi connectivity index (χ4n) is 3.72. The van der Waals surface area contributed by atoms with Gasteiger partial charge >= 0.3 is 11.9 Å². The van der Waals surface area contributed by atoms with Gasteiger partial charge in [-0.3, -0.25) is 4.79 Å². The van der Waals surface area contributed by atoms with E-state index in [-0.39, 0.29) is 19.4 Å². The standard InChI is InChI=1S/C23H25NO5/c1-22(20(25)26)11-19(18-9-7-16(13-24)8-10-18)12-23(15-22,21(27)28)29-14-17-5-3-2-4-6-17/h2-10,12H,11,13-15,24H2,1H3,(H,25,26)(H,27,28). The molecule has 0 aromatic heterocycles. The van der Waals surface area contributed by atoms with Crippen LogP contribution in [0.25, 0.3) is 5.57 Å². The highest BCUT2D eigenvalue weighted by Gasteiger charge is 2.51. The third-order valence-corrected chi connectivity index (χ3v) is 5.42. The third-order valence-electron chi connectivity index (χ3n) is 5.42. The summed E-state index contributed by atoms with van der Waals surface area (Å²) in [4.78, 5) is 24.4. The Balaban J connectivity index is 2.03. The van der Waals surface area contributed by atoms with Crippen molar-refractivity contribution in [1.82, 2.24) is 0 Å². The SMILES string of the molecule is CC1(C(=O)O)CC(c2ccc(CN)cc2)=CC(OCc2ccccc2)(C(=O)O)C1. The molecule has 0 radical (unpaired) electrons. The monoisotopic (exact) mass is 395 g/mol. The summed E-state index contributed by atoms with van der Waals surface area (Å²) in [5.74, 6) is -2.24. The van der Waals surface area contributed by atoms with Crippen molar-refractivity contribution in [2.45, 2.75) is 38.5 Å². The van der Waals surface area contributed by atoms with Crippen molar-refractivity contribution >= 4 is 17.5 Å². The molecular weight excluding hydrogens is 370 g/mol. The molecule has 4 N–H and O–H groups in total. The Morgan fingerprint density at radius 2 is 1.66 bits per heavy atom. The van der Waals surface area contributed by atoms with Crippen LogP contribution in [0, 0.1) is 5.41 Å². The molecule has 0 aliphatic heterocycles. The molecule has 3 rings (SSSR count). The number of carboxylic acids is 2. The van der Waals surface area contributed by atoms with Gasteiger partial charge in [0.2, 0.25) is 0 Å². The van der Waals surface area contributed by atoms with Crippen LogP contribution in [0.1, 0.15) is 36.5 Å². The minimum Gasteiger partial charge on any atom is -0.481 e. The Labute approximate surface area is 169 Å². The van der Waals surface area contributed by atoms with Crippen LogP contribution in [0.2, 0.25) is 0 Å². The normalized spacial score (nSPS) is 24.0. The molecule has 0 amide bonds. The lowest BCUT2D eigenvalue weighted by Gasteiger charge is -2.40. The van der Waals surface area contributed by atoms with E-state index in [1.165, 1.54) is 0 Å². The summed E-state index contributed by atoms with van der Waals surface area (Å²) in [5, 5.41) is 19.9. The maximum Gasteiger partial charge on any atom is 0.340 e. The molecular formula is C23H25NO5. The van der Waals surface area contributed by atoms with E-state index < -0.39 is 23.0 Å². The molecule has 0 fully saturated rings. The van der Waals surface area contributed by atoms with E-state index in [2.05, 4.69) is 0 Å². The summed E-state index contributed by atoms with van der Waals surface area (Å²) >= 11 is 0. The van der Waals surface area contributed by atoms with Gasteiger partial charge in [0.05, 0.1) is 12.0 Å². The van der Waals surface area contributed by atoms with Crippen molar-refractivity contribution in [2.24, 2.45) is 11.1 Å². The van der Waals surface area contributed by atoms with Crippen molar-refractivity contribution in [2.75, 3.05) is 0 Å². The minimum atomic E-state index is -1.73. The molecule has 0 bridgehead atoms. The molecule has 6 nitrogen and oxygen atoms in total. The predicted molar refractivity (Wildman–Crippen MR) is 109 cm³/mol. The number of rotatable bonds is 7. The summed E-state index contributed by atoms with van der Waals surface area (Å²) in [6.07, 6.45) is 1.64. The molecule has 2 aromatic rings. The lowest BCUT2D eigenvalue weighted by Crippen LogP contribution is -2.49. The first-order chi connectivity index (χ1) is 13.8. The second kappa shape index (κ2) is 8.19. The lowest BCUT2D eigenvalue weighted by molar-refractivity contribution is -0.170. The second-order valence-electron chi connectivity index (χ2n) is 7.76. The number of benzene rings is 2. The van der Waals surface area contributed by atoms with Gasteiger partial charge in [0, 0.05) is 13.0 Å². The highest BCUT2D eigenvalue weighted by Crippen LogP contribution is 2.46. The first-order valence-corrected chi connectivity index (χ1v) is 9.44. The van der Waals surface area contributed by atoms with Crippen LogP contribution in [0.15, 0.2) is 60.7 Å². The number of aliphatic carboxylic acids is 2. The average Bonchev–Trinajstić information content (AvgIpc) is 2.72. The van der Waals surface area contributed by atoms with E-state index in [9.17, 15) is 19.8 Å². The first kappa shape index (κ1) is 20.8. The molecule has 2 atom stereocenters. The Morgan fingerprint density at radius 3 is 2.21 bits per heavy atom. The van der Waals surface area contributed by atoms with Crippen LogP contribution >= 0.6 is 0 Å². The Bertz CT molecular complexity index is 922. The van der Waals surface area contributed by atoms with Crippen LogP contribution in [-0.4, -0.2) is 27.8 Å². The van der Waals surface area contributed by atoms with Gasteiger partial charge in [0.25, 0.3) is 0 Å². The smallest absolute Gasteiger partial charge is 0.340 e. The van der Waals surface area contributed by atoms with E-state index in [0.717, 1.165) is 16.7 Å². The number of nitrogens with two attached hydrogens (primary N) is 1. The van der Waals surface area contributed by atoms with Gasteiger partial charge in [-0.05, 0) is 41.7 Å². The van der Waals surface area contributed by atoms with E-state index in [4.69, 9.17) is 10.5 Å². The van der Waals surface area contributed by atoms with Crippen molar-refractivity contribution in [3.8, 4) is 0 Å². The summed E-state index contributed by atoms with van der Waals surface area (Å²) in [7, 11) is 0. The second-order valence-corrected chi connectivity index (χ2v) is 7.76. The zero-order chi connectivity index (χ0) is 21.1. The van der Waals surface area contributed by atoms with Crippen molar-refractivity contribution < 1.29 is 24.5 Å². The summed E-state index contributed by atoms with van der Waals surface area (Å²) in [6, 6.07) is 16.6. The molecule has 0 saturated carbocycles. The number of ether oxygens (including phenoxy) is 1. The van der Waals surface area contributed by atoms with E-state index in [1.54, 1.807) is 13.0 Å². The van der Waals surface area contributed by atoms with Gasteiger partial charge < -0.3 is 20.7 Å². The van der Waals surface area contributed by atoms with Gasteiger partial charge in [-0.2, -0.15) is 0 Å². The van der Waals surface area contributed by atoms with Gasteiger partial charge in [-0.1, -0.05) is 54.6 Å². The van der Waals surface area contributed by atoms with E-state index >= 15 is 0 Å². The Morgan fingerprint density at radius 1 is 1.00 bits per heavy atom. The molecule has 29 heavy (non-hydrogen) atoms. The zero-order valence-corrected chi connectivity index (χ0v) is 16.3. The summed E-state index contributed by atoms with van der Waals surface area (Å²) in [5.41, 5.74) is 5.81. The Hall–Kier alpha value is -2.96. The van der Waals surface area contributed by atoms with Crippen LogP contribution in [0.4, 0.5) is 0 Å². The number of carboxylic acid groups (broad SMARTS) is 2. The molecule has 1 aliphatic carbocycles. The van der Waals surface area contributed by atoms with Crippen molar-refractivity contribution in [3.05, 3.63) is 77.4 Å². The lowest BCUT2D eigenvalue weighted by atomic mass is 9.68. The fourth-order valence-corrected chi connectivity index (χ4v) is 3.72. The quantitative estimate of drug-likeness (QED) is 0.662. The van der Waals surface area contributed by atoms with Crippen molar-refractivity contribution in [3.63, 3.8) is 0 Å². The maximum atomic E-state index is 12.3. The van der Waals surface area contributed by atoms with Crippen LogP contribution in [0.5, 0.6) is 0 Å². The minimum absolute atomic E-state index is 0.0682. The molecule has 0 spiro atoms. The predicted octanol–water partition coefficient (Wildman–Crippen LogP) is 3.45. The topological polar surface area (TPSA) is 110 Å². The summed E-state index contributed by atoms with van der Waals surface area (Å²) in [6.45, 7) is 2.03. The van der Waals surface area contributed by atoms with Crippen LogP contribution in [0.3, 0.4) is 0 Å². The molecule has 6 heteroatoms. The third kappa shape index (κ3) is 4.39. The molecule has 2 unspecified atom stereocenters. The van der Waals surface area contributed by atoms with Gasteiger partial charge in [0.15, 0.2) is 5.60 Å². The molecule has 0 saturated heterocycles. The first-order valence-electron chi connectivity index (χ1n) is 9.44. The van der Waals surface area contributed by atoms with Gasteiger partial charge in [0.1, 0.15) is 0 Å². The summed E-state index contributed by atoms with van der Waals surface area (Å²) < 4.78 is 5.90. The zero-order valence-electron chi connectivity index (χ0n) is 16.3. The molecule has 152 valence electrons.